The minimum absolute atomic E-state index is 0.184. The molecule has 3 aromatic rings. The van der Waals surface area contributed by atoms with Gasteiger partial charge in [0, 0.05) is 43.8 Å². The normalized spacial score (nSPS) is 10.8. The van der Waals surface area contributed by atoms with Crippen LogP contribution in [0, 0.1) is 6.92 Å². The maximum atomic E-state index is 12.1. The molecule has 1 N–H and O–H groups in total. The summed E-state index contributed by atoms with van der Waals surface area (Å²) in [6.45, 7) is 3.42. The Bertz CT molecular complexity index is 810. The van der Waals surface area contributed by atoms with E-state index in [1.807, 2.05) is 35.2 Å². The Morgan fingerprint density at radius 2 is 2.36 bits per heavy atom. The van der Waals surface area contributed by atoms with Gasteiger partial charge in [-0.3, -0.25) is 0 Å². The van der Waals surface area contributed by atoms with Crippen LogP contribution in [0.15, 0.2) is 34.4 Å². The van der Waals surface area contributed by atoms with Crippen LogP contribution in [-0.4, -0.2) is 44.2 Å². The molecule has 0 spiro atoms. The van der Waals surface area contributed by atoms with E-state index in [0.29, 0.717) is 31.2 Å². The Hall–Kier alpha value is -2.68. The summed E-state index contributed by atoms with van der Waals surface area (Å²) in [4.78, 5) is 23.4. The summed E-state index contributed by atoms with van der Waals surface area (Å²) < 4.78 is 7.17. The van der Waals surface area contributed by atoms with Crippen molar-refractivity contribution in [1.29, 1.82) is 0 Å². The first kappa shape index (κ1) is 17.2. The summed E-state index contributed by atoms with van der Waals surface area (Å²) in [5.41, 5.74) is 0. The number of nitrogens with zero attached hydrogens (tertiary/aromatic N) is 5. The van der Waals surface area contributed by atoms with Crippen LogP contribution in [0.5, 0.6) is 0 Å². The molecule has 0 saturated heterocycles. The van der Waals surface area contributed by atoms with Crippen LogP contribution in [0.3, 0.4) is 0 Å². The van der Waals surface area contributed by atoms with Crippen molar-refractivity contribution in [2.24, 2.45) is 0 Å². The second-order valence-electron chi connectivity index (χ2n) is 5.61. The molecule has 0 aliphatic rings. The summed E-state index contributed by atoms with van der Waals surface area (Å²) in [5.74, 6) is 1.95. The third-order valence-electron chi connectivity index (χ3n) is 3.76. The molecule has 3 heterocycles. The van der Waals surface area contributed by atoms with Crippen LogP contribution in [0.4, 0.5) is 4.79 Å². The van der Waals surface area contributed by atoms with Gasteiger partial charge in [-0.15, -0.1) is 11.3 Å². The number of imidazole rings is 1. The number of carbonyl (C=O) groups is 1. The van der Waals surface area contributed by atoms with Gasteiger partial charge in [-0.1, -0.05) is 11.2 Å². The van der Waals surface area contributed by atoms with E-state index in [0.717, 1.165) is 5.82 Å². The van der Waals surface area contributed by atoms with Gasteiger partial charge in [0.1, 0.15) is 5.82 Å². The quantitative estimate of drug-likeness (QED) is 0.697. The van der Waals surface area contributed by atoms with E-state index in [2.05, 4.69) is 20.4 Å². The number of hydrogen-bond donors (Lipinski definition) is 1. The lowest BCUT2D eigenvalue weighted by Crippen LogP contribution is -2.38. The standard InChI is InChI=1S/C16H20N6O2S/c1-12-17-5-6-22(12)8-7-21(2)16(23)18-11-15-19-14(20-24-15)10-13-4-3-9-25-13/h3-6,9H,7-8,10-11H2,1-2H3,(H,18,23). The zero-order chi connectivity index (χ0) is 17.6. The van der Waals surface area contributed by atoms with Gasteiger partial charge in [-0.05, 0) is 18.4 Å². The third kappa shape index (κ3) is 4.66. The molecule has 0 radical (unpaired) electrons. The molecule has 3 aromatic heterocycles. The average Bonchev–Trinajstić information content (AvgIpc) is 3.34. The lowest BCUT2D eigenvalue weighted by Gasteiger charge is -2.18. The number of nitrogens with one attached hydrogen (secondary N) is 1. The highest BCUT2D eigenvalue weighted by atomic mass is 32.1. The Kier molecular flexibility index (Phi) is 5.44. The van der Waals surface area contributed by atoms with Crippen LogP contribution < -0.4 is 5.32 Å². The van der Waals surface area contributed by atoms with Crippen molar-refractivity contribution in [1.82, 2.24) is 29.9 Å². The molecule has 0 atom stereocenters. The number of rotatable bonds is 7. The van der Waals surface area contributed by atoms with Crippen molar-refractivity contribution in [3.63, 3.8) is 0 Å². The molecule has 8 nitrogen and oxygen atoms in total. The smallest absolute Gasteiger partial charge is 0.317 e. The van der Waals surface area contributed by atoms with Crippen LogP contribution in [-0.2, 0) is 19.5 Å². The fourth-order valence-electron chi connectivity index (χ4n) is 2.29. The summed E-state index contributed by atoms with van der Waals surface area (Å²) in [6.07, 6.45) is 4.28. The molecule has 0 saturated carbocycles. The van der Waals surface area contributed by atoms with Crippen molar-refractivity contribution in [2.75, 3.05) is 13.6 Å². The topological polar surface area (TPSA) is 89.1 Å². The molecule has 2 amide bonds. The molecule has 132 valence electrons. The lowest BCUT2D eigenvalue weighted by molar-refractivity contribution is 0.204. The Morgan fingerprint density at radius 3 is 3.08 bits per heavy atom. The van der Waals surface area contributed by atoms with E-state index in [1.165, 1.54) is 4.88 Å². The monoisotopic (exact) mass is 360 g/mol. The fourth-order valence-corrected chi connectivity index (χ4v) is 2.99. The van der Waals surface area contributed by atoms with Crippen molar-refractivity contribution < 1.29 is 9.32 Å². The highest BCUT2D eigenvalue weighted by molar-refractivity contribution is 7.09. The first-order valence-electron chi connectivity index (χ1n) is 7.92. The minimum Gasteiger partial charge on any atom is -0.337 e. The zero-order valence-corrected chi connectivity index (χ0v) is 15.0. The second-order valence-corrected chi connectivity index (χ2v) is 6.64. The molecule has 25 heavy (non-hydrogen) atoms. The van der Waals surface area contributed by atoms with Gasteiger partial charge < -0.3 is 19.3 Å². The number of amides is 2. The molecular formula is C16H20N6O2S. The van der Waals surface area contributed by atoms with Crippen LogP contribution >= 0.6 is 11.3 Å². The molecule has 9 heteroatoms. The van der Waals surface area contributed by atoms with Gasteiger partial charge in [-0.25, -0.2) is 9.78 Å². The molecule has 0 aliphatic carbocycles. The predicted molar refractivity (Wildman–Crippen MR) is 93.3 cm³/mol. The van der Waals surface area contributed by atoms with Gasteiger partial charge in [0.05, 0.1) is 6.54 Å². The fraction of sp³-hybridized carbons (Fsp3) is 0.375. The molecule has 3 rings (SSSR count). The van der Waals surface area contributed by atoms with Crippen molar-refractivity contribution in [3.8, 4) is 0 Å². The second kappa shape index (κ2) is 7.93. The number of aromatic nitrogens is 4. The maximum Gasteiger partial charge on any atom is 0.317 e. The zero-order valence-electron chi connectivity index (χ0n) is 14.2. The number of carbonyl (C=O) groups excluding carboxylic acids is 1. The van der Waals surface area contributed by atoms with Gasteiger partial charge in [0.15, 0.2) is 5.82 Å². The van der Waals surface area contributed by atoms with E-state index in [4.69, 9.17) is 4.52 Å². The van der Waals surface area contributed by atoms with E-state index >= 15 is 0 Å². The summed E-state index contributed by atoms with van der Waals surface area (Å²) in [7, 11) is 1.75. The maximum absolute atomic E-state index is 12.1. The molecular weight excluding hydrogens is 340 g/mol. The summed E-state index contributed by atoms with van der Waals surface area (Å²) in [5, 5.41) is 8.73. The summed E-state index contributed by atoms with van der Waals surface area (Å²) >= 11 is 1.65. The number of hydrogen-bond acceptors (Lipinski definition) is 6. The van der Waals surface area contributed by atoms with Gasteiger partial charge in [0.2, 0.25) is 5.89 Å². The predicted octanol–water partition coefficient (Wildman–Crippen LogP) is 2.07. The van der Waals surface area contributed by atoms with E-state index in [-0.39, 0.29) is 12.6 Å². The Balaban J connectivity index is 1.43. The minimum atomic E-state index is -0.184. The third-order valence-corrected chi connectivity index (χ3v) is 4.64. The summed E-state index contributed by atoms with van der Waals surface area (Å²) in [6, 6.07) is 3.83. The number of urea groups is 1. The molecule has 0 aliphatic heterocycles. The van der Waals surface area contributed by atoms with Gasteiger partial charge in [-0.2, -0.15) is 4.98 Å². The largest absolute Gasteiger partial charge is 0.337 e. The highest BCUT2D eigenvalue weighted by Gasteiger charge is 2.12. The average molecular weight is 360 g/mol. The van der Waals surface area contributed by atoms with E-state index in [9.17, 15) is 4.79 Å². The first-order chi connectivity index (χ1) is 12.1. The number of aryl methyl sites for hydroxylation is 1. The SMILES string of the molecule is Cc1nccn1CCN(C)C(=O)NCc1nc(Cc2cccs2)no1. The molecule has 0 fully saturated rings. The van der Waals surface area contributed by atoms with Crippen molar-refractivity contribution >= 4 is 17.4 Å². The van der Waals surface area contributed by atoms with Crippen molar-refractivity contribution in [3.05, 3.63) is 52.3 Å². The Labute approximate surface area is 149 Å². The van der Waals surface area contributed by atoms with E-state index < -0.39 is 0 Å². The number of likely N-dealkylation sites (N-methyl/N-ethyl adjacent to an activating group) is 1. The highest BCUT2D eigenvalue weighted by Crippen LogP contribution is 2.12. The molecule has 0 bridgehead atoms. The molecule has 0 aromatic carbocycles. The molecule has 0 unspecified atom stereocenters. The van der Waals surface area contributed by atoms with Gasteiger partial charge in [0.25, 0.3) is 0 Å². The lowest BCUT2D eigenvalue weighted by atomic mass is 10.3. The van der Waals surface area contributed by atoms with Crippen molar-refractivity contribution in [2.45, 2.75) is 26.4 Å². The first-order valence-corrected chi connectivity index (χ1v) is 8.80. The van der Waals surface area contributed by atoms with Crippen LogP contribution in [0.2, 0.25) is 0 Å². The van der Waals surface area contributed by atoms with Gasteiger partial charge >= 0.3 is 6.03 Å². The van der Waals surface area contributed by atoms with Crippen LogP contribution in [0.1, 0.15) is 22.4 Å². The van der Waals surface area contributed by atoms with E-state index in [1.54, 1.807) is 29.5 Å². The Morgan fingerprint density at radius 1 is 1.48 bits per heavy atom. The van der Waals surface area contributed by atoms with Crippen LogP contribution in [0.25, 0.3) is 0 Å². The number of thiophene rings is 1.